The Kier molecular flexibility index (Phi) is 5.48. The topological polar surface area (TPSA) is 146 Å². The summed E-state index contributed by atoms with van der Waals surface area (Å²) in [5.74, 6) is 0.758. The average Bonchev–Trinajstić information content (AvgIpc) is 2.67. The molecule has 0 aromatic carbocycles. The van der Waals surface area contributed by atoms with Crippen molar-refractivity contribution in [1.82, 2.24) is 25.1 Å². The maximum Gasteiger partial charge on any atom is 0.276 e. The highest BCUT2D eigenvalue weighted by molar-refractivity contribution is 5.98. The number of likely N-dealkylation sites (tertiary alicyclic amines) is 1. The fourth-order valence-electron chi connectivity index (χ4n) is 3.55. The van der Waals surface area contributed by atoms with Crippen molar-refractivity contribution in [2.45, 2.75) is 44.2 Å². The highest BCUT2D eigenvalue weighted by atomic mass is 16.2. The highest BCUT2D eigenvalue weighted by Gasteiger charge is 2.28. The molecule has 10 nitrogen and oxygen atoms in total. The quantitative estimate of drug-likeness (QED) is 0.686. The lowest BCUT2D eigenvalue weighted by atomic mass is 9.91. The Hall–Kier alpha value is -3.32. The number of carbonyl (C=O) groups is 1. The van der Waals surface area contributed by atoms with Gasteiger partial charge in [-0.25, -0.2) is 9.97 Å². The van der Waals surface area contributed by atoms with E-state index in [-0.39, 0.29) is 23.7 Å². The number of nitrogens with one attached hydrogen (secondary N) is 2. The Morgan fingerprint density at radius 2 is 2.03 bits per heavy atom. The van der Waals surface area contributed by atoms with Crippen LogP contribution in [0, 0.1) is 11.3 Å². The van der Waals surface area contributed by atoms with Gasteiger partial charge in [0.15, 0.2) is 17.2 Å². The lowest BCUT2D eigenvalue weighted by Crippen LogP contribution is -2.43. The van der Waals surface area contributed by atoms with Crippen LogP contribution in [0.5, 0.6) is 0 Å². The molecule has 2 aromatic heterocycles. The summed E-state index contributed by atoms with van der Waals surface area (Å²) in [5, 5.41) is 23.6. The predicted octanol–water partition coefficient (Wildman–Crippen LogP) is 1.41. The van der Waals surface area contributed by atoms with Gasteiger partial charge in [-0.15, -0.1) is 10.2 Å². The molecule has 1 aliphatic heterocycles. The van der Waals surface area contributed by atoms with E-state index in [9.17, 15) is 4.79 Å². The number of aromatic nitrogens is 4. The van der Waals surface area contributed by atoms with Crippen molar-refractivity contribution in [3.63, 3.8) is 0 Å². The molecule has 29 heavy (non-hydrogen) atoms. The second-order valence-corrected chi connectivity index (χ2v) is 7.43. The minimum atomic E-state index is -0.115. The van der Waals surface area contributed by atoms with Crippen LogP contribution >= 0.6 is 0 Å². The monoisotopic (exact) mass is 393 g/mol. The summed E-state index contributed by atoms with van der Waals surface area (Å²) in [6.45, 7) is 1.49. The van der Waals surface area contributed by atoms with Crippen LogP contribution < -0.4 is 16.4 Å². The van der Waals surface area contributed by atoms with Gasteiger partial charge in [-0.3, -0.25) is 4.79 Å². The van der Waals surface area contributed by atoms with Crippen LogP contribution in [0.15, 0.2) is 18.5 Å². The first-order chi connectivity index (χ1) is 14.1. The molecule has 10 heteroatoms. The normalized spacial score (nSPS) is 21.0. The number of nitrogens with two attached hydrogens (primary N) is 1. The minimum Gasteiger partial charge on any atom is -0.380 e. The number of rotatable bonds is 5. The summed E-state index contributed by atoms with van der Waals surface area (Å²) in [4.78, 5) is 22.7. The molecule has 4 N–H and O–H groups in total. The summed E-state index contributed by atoms with van der Waals surface area (Å²) in [7, 11) is 0. The number of hydrogen-bond acceptors (Lipinski definition) is 9. The molecule has 3 heterocycles. The van der Waals surface area contributed by atoms with Crippen molar-refractivity contribution in [3.8, 4) is 6.07 Å². The second-order valence-electron chi connectivity index (χ2n) is 7.43. The summed E-state index contributed by atoms with van der Waals surface area (Å²) < 4.78 is 0. The number of carbonyl (C=O) groups excluding carboxylic acids is 1. The third-order valence-electron chi connectivity index (χ3n) is 5.24. The van der Waals surface area contributed by atoms with Gasteiger partial charge in [0, 0.05) is 31.2 Å². The van der Waals surface area contributed by atoms with E-state index in [1.165, 1.54) is 12.4 Å². The molecule has 2 fully saturated rings. The lowest BCUT2D eigenvalue weighted by Gasteiger charge is -2.32. The molecule has 4 rings (SSSR count). The Morgan fingerprint density at radius 3 is 2.69 bits per heavy atom. The largest absolute Gasteiger partial charge is 0.380 e. The molecule has 2 aliphatic rings. The number of anilines is 3. The highest BCUT2D eigenvalue weighted by Crippen LogP contribution is 2.26. The van der Waals surface area contributed by atoms with Crippen molar-refractivity contribution >= 4 is 23.2 Å². The van der Waals surface area contributed by atoms with E-state index >= 15 is 0 Å². The van der Waals surface area contributed by atoms with Crippen molar-refractivity contribution in [3.05, 3.63) is 29.8 Å². The molecular weight excluding hydrogens is 370 g/mol. The van der Waals surface area contributed by atoms with E-state index in [4.69, 9.17) is 11.0 Å². The molecule has 0 radical (unpaired) electrons. The molecule has 2 atom stereocenters. The zero-order chi connectivity index (χ0) is 20.2. The molecule has 150 valence electrons. The van der Waals surface area contributed by atoms with Crippen LogP contribution in [-0.4, -0.2) is 56.1 Å². The molecule has 1 aliphatic carbocycles. The van der Waals surface area contributed by atoms with Gasteiger partial charge >= 0.3 is 0 Å². The van der Waals surface area contributed by atoms with Crippen molar-refractivity contribution in [2.75, 3.05) is 23.7 Å². The summed E-state index contributed by atoms with van der Waals surface area (Å²) in [6.07, 6.45) is 7.76. The number of hydrogen-bond donors (Lipinski definition) is 3. The molecule has 2 unspecified atom stereocenters. The van der Waals surface area contributed by atoms with Crippen molar-refractivity contribution < 1.29 is 4.79 Å². The standard InChI is InChI=1S/C19H23N9O/c20-9-14-10-23-17(11-22-14)25-16-8-15(24-13-4-1-3-12(21)7-13)18(27-26-16)19(29)28-5-2-6-28/h8,10-13H,1-7,21H2,(H2,23,24,25,26). The number of amides is 1. The molecular formula is C19H23N9O. The van der Waals surface area contributed by atoms with Crippen molar-refractivity contribution in [2.24, 2.45) is 5.73 Å². The SMILES string of the molecule is N#Cc1cnc(Nc2cc(NC3CCCC(N)C3)c(C(=O)N3CCC3)nn2)cn1. The van der Waals surface area contributed by atoms with Gasteiger partial charge in [0.25, 0.3) is 5.91 Å². The lowest BCUT2D eigenvalue weighted by molar-refractivity contribution is 0.0645. The molecule has 2 aromatic rings. The third kappa shape index (κ3) is 4.41. The van der Waals surface area contributed by atoms with Crippen LogP contribution in [0.1, 0.15) is 48.3 Å². The zero-order valence-corrected chi connectivity index (χ0v) is 16.0. The van der Waals surface area contributed by atoms with Crippen LogP contribution in [-0.2, 0) is 0 Å². The van der Waals surface area contributed by atoms with Gasteiger partial charge < -0.3 is 21.3 Å². The van der Waals surface area contributed by atoms with Crippen LogP contribution in [0.3, 0.4) is 0 Å². The predicted molar refractivity (Wildman–Crippen MR) is 106 cm³/mol. The third-order valence-corrected chi connectivity index (χ3v) is 5.24. The smallest absolute Gasteiger partial charge is 0.276 e. The summed E-state index contributed by atoms with van der Waals surface area (Å²) in [6, 6.07) is 4.04. The Bertz CT molecular complexity index is 920. The van der Waals surface area contributed by atoms with E-state index in [1.54, 1.807) is 11.0 Å². The van der Waals surface area contributed by atoms with Gasteiger partial charge in [0.2, 0.25) is 0 Å². The Balaban J connectivity index is 1.57. The fraction of sp³-hybridized carbons (Fsp3) is 0.474. The van der Waals surface area contributed by atoms with E-state index in [2.05, 4.69) is 30.8 Å². The maximum atomic E-state index is 12.8. The van der Waals surface area contributed by atoms with Gasteiger partial charge in [-0.05, 0) is 32.1 Å². The summed E-state index contributed by atoms with van der Waals surface area (Å²) in [5.41, 5.74) is 7.31. The molecule has 0 spiro atoms. The van der Waals surface area contributed by atoms with E-state index in [0.29, 0.717) is 23.0 Å². The maximum absolute atomic E-state index is 12.8. The van der Waals surface area contributed by atoms with Gasteiger partial charge in [-0.1, -0.05) is 0 Å². The Morgan fingerprint density at radius 1 is 1.17 bits per heavy atom. The zero-order valence-electron chi connectivity index (χ0n) is 16.0. The van der Waals surface area contributed by atoms with Gasteiger partial charge in [-0.2, -0.15) is 5.26 Å². The molecule has 1 saturated heterocycles. The number of nitriles is 1. The van der Waals surface area contributed by atoms with Crippen molar-refractivity contribution in [1.29, 1.82) is 5.26 Å². The minimum absolute atomic E-state index is 0.115. The first-order valence-corrected chi connectivity index (χ1v) is 9.80. The van der Waals surface area contributed by atoms with E-state index < -0.39 is 0 Å². The average molecular weight is 393 g/mol. The van der Waals surface area contributed by atoms with Crippen LogP contribution in [0.4, 0.5) is 17.3 Å². The molecule has 1 amide bonds. The summed E-state index contributed by atoms with van der Waals surface area (Å²) >= 11 is 0. The molecule has 1 saturated carbocycles. The van der Waals surface area contributed by atoms with E-state index in [1.807, 2.05) is 6.07 Å². The first kappa shape index (κ1) is 19.0. The van der Waals surface area contributed by atoms with E-state index in [0.717, 1.165) is 45.2 Å². The Labute approximate surface area is 168 Å². The van der Waals surface area contributed by atoms with Crippen LogP contribution in [0.25, 0.3) is 0 Å². The fourth-order valence-corrected chi connectivity index (χ4v) is 3.55. The molecule has 0 bridgehead atoms. The number of nitrogens with zero attached hydrogens (tertiary/aromatic N) is 6. The first-order valence-electron chi connectivity index (χ1n) is 9.80. The van der Waals surface area contributed by atoms with Gasteiger partial charge in [0.05, 0.1) is 18.1 Å². The van der Waals surface area contributed by atoms with Gasteiger partial charge in [0.1, 0.15) is 11.9 Å². The second kappa shape index (κ2) is 8.36. The van der Waals surface area contributed by atoms with Crippen LogP contribution in [0.2, 0.25) is 0 Å².